The van der Waals surface area contributed by atoms with E-state index in [0.717, 1.165) is 0 Å². The lowest BCUT2D eigenvalue weighted by atomic mass is 10.1. The van der Waals surface area contributed by atoms with Gasteiger partial charge in [0.05, 0.1) is 0 Å². The van der Waals surface area contributed by atoms with Crippen LogP contribution in [0.3, 0.4) is 0 Å². The summed E-state index contributed by atoms with van der Waals surface area (Å²) in [6.45, 7) is 3.52. The Morgan fingerprint density at radius 2 is 2.20 bits per heavy atom. The molecule has 0 fully saturated rings. The molecule has 0 aromatic heterocycles. The highest BCUT2D eigenvalue weighted by Crippen LogP contribution is 2.17. The van der Waals surface area contributed by atoms with Gasteiger partial charge in [-0.05, 0) is 13.8 Å². The number of carbonyl (C=O) groups is 1. The monoisotopic (exact) mass is 275 g/mol. The van der Waals surface area contributed by atoms with E-state index in [1.807, 2.05) is 0 Å². The Kier molecular flexibility index (Phi) is 3.97. The lowest BCUT2D eigenvalue weighted by Gasteiger charge is -2.22. The van der Waals surface area contributed by atoms with Gasteiger partial charge in [0.15, 0.2) is 23.0 Å². The van der Waals surface area contributed by atoms with Gasteiger partial charge in [-0.3, -0.25) is 0 Å². The molecule has 0 saturated heterocycles. The Hall–Kier alpha value is 0.510. The molecule has 0 aromatic carbocycles. The van der Waals surface area contributed by atoms with Crippen LogP contribution in [0.1, 0.15) is 13.8 Å². The molecule has 3 nitrogen and oxygen atoms in total. The molecule has 5 heteroatoms. The van der Waals surface area contributed by atoms with Crippen LogP contribution in [0.5, 0.6) is 0 Å². The molecule has 0 radical (unpaired) electrons. The van der Waals surface area contributed by atoms with E-state index in [2.05, 4.69) is 15.7 Å². The van der Waals surface area contributed by atoms with Crippen molar-refractivity contribution in [3.8, 4) is 0 Å². The number of hydrogen-bond acceptors (Lipinski definition) is 4. The molecule has 0 aliphatic carbocycles. The van der Waals surface area contributed by atoms with Crippen LogP contribution in [0.2, 0.25) is 0 Å². The van der Waals surface area contributed by atoms with E-state index in [1.165, 1.54) is 23.0 Å². The molecule has 0 heterocycles. The van der Waals surface area contributed by atoms with Crippen LogP contribution in [0.4, 0.5) is 0 Å². The van der Waals surface area contributed by atoms with Crippen LogP contribution in [-0.2, 0) is 7.86 Å². The number of carbonyl (C=O) groups excluding carboxylic acids is 1. The number of nitrogens with two attached hydrogens (primary N) is 1. The van der Waals surface area contributed by atoms with E-state index in [-0.39, 0.29) is 0 Å². The largest absolute Gasteiger partial charge is 0.393 e. The van der Waals surface area contributed by atoms with Crippen molar-refractivity contribution in [2.24, 2.45) is 5.73 Å². The standard InChI is InChI=1S/C5H10INO2S/c1-5(2,10)3(7)4(8)9-6/h3,10H,7H2,1-2H3/t3-/m0/s1. The molecule has 60 valence electrons. The van der Waals surface area contributed by atoms with Crippen molar-refractivity contribution in [1.29, 1.82) is 0 Å². The van der Waals surface area contributed by atoms with E-state index in [9.17, 15) is 4.79 Å². The second-order valence-electron chi connectivity index (χ2n) is 2.53. The number of hydrogen-bond donors (Lipinski definition) is 2. The molecule has 0 aliphatic rings. The van der Waals surface area contributed by atoms with Gasteiger partial charge in [0.25, 0.3) is 0 Å². The summed E-state index contributed by atoms with van der Waals surface area (Å²) in [4.78, 5) is 10.8. The van der Waals surface area contributed by atoms with Crippen LogP contribution in [0.15, 0.2) is 0 Å². The summed E-state index contributed by atoms with van der Waals surface area (Å²) in [6.07, 6.45) is 0. The van der Waals surface area contributed by atoms with Crippen molar-refractivity contribution in [2.75, 3.05) is 0 Å². The molecule has 0 rings (SSSR count). The summed E-state index contributed by atoms with van der Waals surface area (Å²) in [5.74, 6) is -0.444. The highest BCUT2D eigenvalue weighted by atomic mass is 127. The smallest absolute Gasteiger partial charge is 0.333 e. The Balaban J connectivity index is 4.08. The number of halogens is 1. The first kappa shape index (κ1) is 10.5. The van der Waals surface area contributed by atoms with Crippen molar-refractivity contribution >= 4 is 41.6 Å². The zero-order chi connectivity index (χ0) is 8.36. The maximum absolute atomic E-state index is 10.8. The SMILES string of the molecule is CC(C)(S)[C@@H](N)C(=O)OI. The minimum atomic E-state index is -0.673. The van der Waals surface area contributed by atoms with Gasteiger partial charge >= 0.3 is 5.97 Å². The fourth-order valence-electron chi connectivity index (χ4n) is 0.336. The maximum atomic E-state index is 10.8. The number of rotatable bonds is 2. The quantitative estimate of drug-likeness (QED) is 0.582. The molecular weight excluding hydrogens is 265 g/mol. The van der Waals surface area contributed by atoms with Crippen LogP contribution < -0.4 is 5.73 Å². The number of thiol groups is 1. The first-order valence-corrected chi connectivity index (χ1v) is 4.02. The van der Waals surface area contributed by atoms with Crippen molar-refractivity contribution in [1.82, 2.24) is 0 Å². The van der Waals surface area contributed by atoms with Crippen LogP contribution >= 0.6 is 35.6 Å². The van der Waals surface area contributed by atoms with Crippen molar-refractivity contribution in [2.45, 2.75) is 24.6 Å². The molecule has 0 saturated carbocycles. The van der Waals surface area contributed by atoms with Crippen LogP contribution in [0.25, 0.3) is 0 Å². The molecule has 10 heavy (non-hydrogen) atoms. The first-order valence-electron chi connectivity index (χ1n) is 2.70. The van der Waals surface area contributed by atoms with Crippen LogP contribution in [-0.4, -0.2) is 16.8 Å². The first-order chi connectivity index (χ1) is 4.39. The highest BCUT2D eigenvalue weighted by Gasteiger charge is 2.29. The second-order valence-corrected chi connectivity index (χ2v) is 4.12. The van der Waals surface area contributed by atoms with Crippen LogP contribution in [0, 0.1) is 0 Å². The summed E-state index contributed by atoms with van der Waals surface area (Å²) in [5, 5.41) is 0. The second kappa shape index (κ2) is 3.77. The predicted molar refractivity (Wildman–Crippen MR) is 51.2 cm³/mol. The lowest BCUT2D eigenvalue weighted by Crippen LogP contribution is -2.45. The summed E-state index contributed by atoms with van der Waals surface area (Å²) >= 11 is 5.62. The molecule has 0 spiro atoms. The summed E-state index contributed by atoms with van der Waals surface area (Å²) < 4.78 is 3.87. The molecule has 2 N–H and O–H groups in total. The zero-order valence-electron chi connectivity index (χ0n) is 5.80. The summed E-state index contributed by atoms with van der Waals surface area (Å²) in [6, 6.07) is -0.673. The Bertz CT molecular complexity index is 134. The van der Waals surface area contributed by atoms with E-state index in [1.54, 1.807) is 13.8 Å². The predicted octanol–water partition coefficient (Wildman–Crippen LogP) is 0.915. The fourth-order valence-corrected chi connectivity index (χ4v) is 0.716. The van der Waals surface area contributed by atoms with Gasteiger partial charge in [0.1, 0.15) is 6.04 Å². The average molecular weight is 275 g/mol. The molecule has 0 unspecified atom stereocenters. The van der Waals surface area contributed by atoms with E-state index < -0.39 is 16.8 Å². The van der Waals surface area contributed by atoms with Gasteiger partial charge in [-0.15, -0.1) is 0 Å². The normalized spacial score (nSPS) is 14.5. The zero-order valence-corrected chi connectivity index (χ0v) is 8.85. The lowest BCUT2D eigenvalue weighted by molar-refractivity contribution is -0.133. The summed E-state index contributed by atoms with van der Waals surface area (Å²) in [5.41, 5.74) is 5.45. The Morgan fingerprint density at radius 1 is 1.80 bits per heavy atom. The third kappa shape index (κ3) is 3.07. The maximum Gasteiger partial charge on any atom is 0.333 e. The molecule has 1 atom stereocenters. The Labute approximate surface area is 79.8 Å². The van der Waals surface area contributed by atoms with Gasteiger partial charge < -0.3 is 8.80 Å². The minimum absolute atomic E-state index is 0.444. The topological polar surface area (TPSA) is 52.3 Å². The fraction of sp³-hybridized carbons (Fsp3) is 0.800. The summed E-state index contributed by atoms with van der Waals surface area (Å²) in [7, 11) is 0. The highest BCUT2D eigenvalue weighted by molar-refractivity contribution is 14.1. The van der Waals surface area contributed by atoms with E-state index in [0.29, 0.717) is 0 Å². The molecule has 0 aliphatic heterocycles. The van der Waals surface area contributed by atoms with Gasteiger partial charge in [-0.2, -0.15) is 12.6 Å². The third-order valence-corrected chi connectivity index (χ3v) is 1.80. The van der Waals surface area contributed by atoms with E-state index in [4.69, 9.17) is 5.73 Å². The van der Waals surface area contributed by atoms with Gasteiger partial charge in [-0.1, -0.05) is 0 Å². The van der Waals surface area contributed by atoms with Crippen molar-refractivity contribution < 1.29 is 7.86 Å². The molecule has 0 amide bonds. The Morgan fingerprint density at radius 3 is 2.30 bits per heavy atom. The van der Waals surface area contributed by atoms with Gasteiger partial charge in [0.2, 0.25) is 0 Å². The van der Waals surface area contributed by atoms with Gasteiger partial charge in [0, 0.05) is 4.75 Å². The van der Waals surface area contributed by atoms with Gasteiger partial charge in [-0.25, -0.2) is 4.79 Å². The molecule has 0 aromatic rings. The van der Waals surface area contributed by atoms with E-state index >= 15 is 0 Å². The molecular formula is C5H10INO2S. The minimum Gasteiger partial charge on any atom is -0.393 e. The van der Waals surface area contributed by atoms with Crippen molar-refractivity contribution in [3.05, 3.63) is 0 Å². The third-order valence-electron chi connectivity index (χ3n) is 1.09. The van der Waals surface area contributed by atoms with Crippen molar-refractivity contribution in [3.63, 3.8) is 0 Å². The molecule has 0 bridgehead atoms. The average Bonchev–Trinajstić information content (AvgIpc) is 1.83.